The normalized spacial score (nSPS) is 28.8. The van der Waals surface area contributed by atoms with E-state index >= 15 is 0 Å². The highest BCUT2D eigenvalue weighted by atomic mass is 16.8. The molecule has 3 heterocycles. The van der Waals surface area contributed by atoms with Crippen LogP contribution in [0, 0.1) is 0 Å². The van der Waals surface area contributed by atoms with E-state index in [1.54, 1.807) is 6.08 Å². The number of aliphatic hydroxyl groups excluding tert-OH is 11. The fourth-order valence-corrected chi connectivity index (χ4v) is 11.5. The smallest absolute Gasteiger partial charge is 0.220 e. The molecule has 12 N–H and O–H groups in total. The molecule has 0 saturated carbocycles. The summed E-state index contributed by atoms with van der Waals surface area (Å²) in [5, 5.41) is 120. The second kappa shape index (κ2) is 51.0. The first-order chi connectivity index (χ1) is 42.8. The van der Waals surface area contributed by atoms with E-state index in [0.717, 1.165) is 70.6 Å². The fraction of sp³-hybridized carbons (Fsp3) is 0.841. The Morgan fingerprint density at radius 3 is 1.23 bits per heavy atom. The first kappa shape index (κ1) is 79.7. The largest absolute Gasteiger partial charge is 0.394 e. The van der Waals surface area contributed by atoms with Crippen molar-refractivity contribution in [3.63, 3.8) is 0 Å². The molecule has 3 rings (SSSR count). The minimum atomic E-state index is -1.98. The molecule has 0 radical (unpaired) electrons. The van der Waals surface area contributed by atoms with Crippen LogP contribution in [0.4, 0.5) is 0 Å². The summed E-state index contributed by atoms with van der Waals surface area (Å²) in [6, 6.07) is -0.972. The summed E-state index contributed by atoms with van der Waals surface area (Å²) in [5.41, 5.74) is 0. The van der Waals surface area contributed by atoms with Crippen molar-refractivity contribution in [2.24, 2.45) is 0 Å². The van der Waals surface area contributed by atoms with Crippen LogP contribution in [0.2, 0.25) is 0 Å². The highest BCUT2D eigenvalue weighted by molar-refractivity contribution is 5.76. The lowest BCUT2D eigenvalue weighted by Gasteiger charge is -2.48. The zero-order valence-electron chi connectivity index (χ0n) is 53.9. The van der Waals surface area contributed by atoms with Crippen LogP contribution >= 0.6 is 0 Å². The predicted octanol–water partition coefficient (Wildman–Crippen LogP) is 8.77. The predicted molar refractivity (Wildman–Crippen MR) is 342 cm³/mol. The van der Waals surface area contributed by atoms with Crippen LogP contribution in [0.3, 0.4) is 0 Å². The van der Waals surface area contributed by atoms with Gasteiger partial charge in [0, 0.05) is 6.42 Å². The number of amides is 1. The summed E-state index contributed by atoms with van der Waals surface area (Å²) in [4.78, 5) is 13.4. The third-order valence-corrected chi connectivity index (χ3v) is 17.1. The molecule has 1 amide bonds. The Kier molecular flexibility index (Phi) is 46.2. The Morgan fingerprint density at radius 2 is 0.784 bits per heavy atom. The van der Waals surface area contributed by atoms with Crippen molar-refractivity contribution < 1.29 is 89.4 Å². The molecule has 0 aromatic heterocycles. The number of unbranched alkanes of at least 4 members (excludes halogenated alkanes) is 28. The Balaban J connectivity index is 1.36. The lowest BCUT2D eigenvalue weighted by Crippen LogP contribution is -2.66. The summed E-state index contributed by atoms with van der Waals surface area (Å²) >= 11 is 0. The SMILES string of the molecule is CC/C=C\C/C=C\C/C=C\C/C=C\CCCCCCCCCCCCCCCCCCCCC(=O)NC(COC1OC(CO)C(OC2OC(CO)C(OC3OC(CO)C(O)C(O)C3O)C(O)C2O)C(O)C1O)C(O)/C=C/CCCCCCCCCCCC. The Morgan fingerprint density at radius 1 is 0.420 bits per heavy atom. The number of ether oxygens (including phenoxy) is 6. The van der Waals surface area contributed by atoms with Gasteiger partial charge in [-0.1, -0.05) is 235 Å². The lowest BCUT2D eigenvalue weighted by molar-refractivity contribution is -0.379. The minimum Gasteiger partial charge on any atom is -0.394 e. The molecule has 19 nitrogen and oxygen atoms in total. The van der Waals surface area contributed by atoms with Crippen molar-refractivity contribution >= 4 is 5.91 Å². The van der Waals surface area contributed by atoms with Gasteiger partial charge >= 0.3 is 0 Å². The van der Waals surface area contributed by atoms with Gasteiger partial charge in [0.15, 0.2) is 18.9 Å². The maximum atomic E-state index is 13.4. The van der Waals surface area contributed by atoms with E-state index in [-0.39, 0.29) is 18.9 Å². The summed E-state index contributed by atoms with van der Waals surface area (Å²) in [7, 11) is 0. The Labute approximate surface area is 528 Å². The van der Waals surface area contributed by atoms with Crippen molar-refractivity contribution in [2.45, 2.75) is 343 Å². The molecule has 0 spiro atoms. The van der Waals surface area contributed by atoms with Crippen LogP contribution in [0.1, 0.15) is 239 Å². The average molecular weight is 1250 g/mol. The number of hydrogen-bond acceptors (Lipinski definition) is 18. The van der Waals surface area contributed by atoms with Crippen LogP contribution in [-0.2, 0) is 33.2 Å². The van der Waals surface area contributed by atoms with E-state index in [1.165, 1.54) is 141 Å². The van der Waals surface area contributed by atoms with Gasteiger partial charge in [-0.05, 0) is 57.8 Å². The summed E-state index contributed by atoms with van der Waals surface area (Å²) in [6.07, 6.45) is 35.0. The first-order valence-electron chi connectivity index (χ1n) is 34.5. The number of carbonyl (C=O) groups excluding carboxylic acids is 1. The summed E-state index contributed by atoms with van der Waals surface area (Å²) < 4.78 is 34.3. The molecule has 17 atom stereocenters. The molecule has 512 valence electrons. The number of carbonyl (C=O) groups is 1. The fourth-order valence-electron chi connectivity index (χ4n) is 11.5. The highest BCUT2D eigenvalue weighted by Crippen LogP contribution is 2.33. The maximum absolute atomic E-state index is 13.4. The van der Waals surface area contributed by atoms with Crippen molar-refractivity contribution in [1.82, 2.24) is 5.32 Å². The van der Waals surface area contributed by atoms with Gasteiger partial charge in [0.05, 0.1) is 38.6 Å². The zero-order valence-corrected chi connectivity index (χ0v) is 53.9. The molecule has 19 heteroatoms. The van der Waals surface area contributed by atoms with E-state index in [1.807, 2.05) is 6.08 Å². The monoisotopic (exact) mass is 1250 g/mol. The molecule has 3 saturated heterocycles. The zero-order chi connectivity index (χ0) is 64.0. The first-order valence-corrected chi connectivity index (χ1v) is 34.5. The summed E-state index contributed by atoms with van der Waals surface area (Å²) in [5.74, 6) is -0.276. The molecular weight excluding hydrogens is 1130 g/mol. The van der Waals surface area contributed by atoms with Crippen LogP contribution in [0.25, 0.3) is 0 Å². The average Bonchev–Trinajstić information content (AvgIpc) is 1.54. The van der Waals surface area contributed by atoms with Crippen molar-refractivity contribution in [3.05, 3.63) is 60.8 Å². The van der Waals surface area contributed by atoms with Gasteiger partial charge in [-0.25, -0.2) is 0 Å². The van der Waals surface area contributed by atoms with Gasteiger partial charge in [-0.3, -0.25) is 4.79 Å². The number of allylic oxidation sites excluding steroid dienone is 9. The molecule has 0 aromatic rings. The molecule has 0 aliphatic carbocycles. The van der Waals surface area contributed by atoms with Gasteiger partial charge in [-0.15, -0.1) is 0 Å². The molecule has 3 aliphatic rings. The number of hydrogen-bond donors (Lipinski definition) is 12. The standard InChI is InChI=1S/C69H123NO18/c1-3-5-7-9-11-13-15-17-18-19-20-21-22-23-24-25-26-27-28-29-30-31-32-33-34-35-37-39-41-43-45-47-57(75)70-52(53(74)46-44-42-40-38-36-16-14-12-10-8-6-4-2)51-83-67-63(81)60(78)65(55(49-72)85-67)88-69-64(82)61(79)66(56(50-73)86-69)87-68-62(80)59(77)58(76)54(48-71)84-68/h5,7,11,13,17-18,20-21,44,46,52-56,58-69,71-74,76-82H,3-4,6,8-10,12,14-16,19,22-43,45,47-51H2,1-2H3,(H,70,75)/b7-5-,13-11-,18-17-,21-20-,46-44+. The molecule has 17 unspecified atom stereocenters. The van der Waals surface area contributed by atoms with Crippen LogP contribution < -0.4 is 5.32 Å². The van der Waals surface area contributed by atoms with Gasteiger partial charge in [0.25, 0.3) is 0 Å². The van der Waals surface area contributed by atoms with Gasteiger partial charge in [-0.2, -0.15) is 0 Å². The number of rotatable bonds is 52. The van der Waals surface area contributed by atoms with Gasteiger partial charge < -0.3 is 89.9 Å². The number of nitrogens with one attached hydrogen (secondary N) is 1. The second-order valence-corrected chi connectivity index (χ2v) is 24.6. The van der Waals surface area contributed by atoms with Crippen molar-refractivity contribution in [3.8, 4) is 0 Å². The minimum absolute atomic E-state index is 0.243. The van der Waals surface area contributed by atoms with Crippen LogP contribution in [-0.4, -0.2) is 193 Å². The van der Waals surface area contributed by atoms with Crippen LogP contribution in [0.5, 0.6) is 0 Å². The third kappa shape index (κ3) is 32.9. The third-order valence-electron chi connectivity index (χ3n) is 17.1. The lowest BCUT2D eigenvalue weighted by atomic mass is 9.96. The van der Waals surface area contributed by atoms with E-state index in [4.69, 9.17) is 28.4 Å². The molecule has 0 aromatic carbocycles. The summed E-state index contributed by atoms with van der Waals surface area (Å²) in [6.45, 7) is 1.61. The molecule has 3 fully saturated rings. The second-order valence-electron chi connectivity index (χ2n) is 24.6. The quantitative estimate of drug-likeness (QED) is 0.0200. The molecule has 0 bridgehead atoms. The van der Waals surface area contributed by atoms with Crippen molar-refractivity contribution in [2.75, 3.05) is 26.4 Å². The molecular formula is C69H123NO18. The van der Waals surface area contributed by atoms with Crippen molar-refractivity contribution in [1.29, 1.82) is 0 Å². The Hall–Kier alpha value is -2.51. The number of aliphatic hydroxyl groups is 11. The van der Waals surface area contributed by atoms with Crippen LogP contribution in [0.15, 0.2) is 60.8 Å². The van der Waals surface area contributed by atoms with E-state index < -0.39 is 124 Å². The maximum Gasteiger partial charge on any atom is 0.220 e. The topological polar surface area (TPSA) is 307 Å². The van der Waals surface area contributed by atoms with E-state index in [0.29, 0.717) is 6.42 Å². The highest BCUT2D eigenvalue weighted by Gasteiger charge is 2.53. The molecule has 88 heavy (non-hydrogen) atoms. The van der Waals surface area contributed by atoms with Gasteiger partial charge in [0.1, 0.15) is 73.2 Å². The van der Waals surface area contributed by atoms with E-state index in [2.05, 4.69) is 67.8 Å². The molecule has 3 aliphatic heterocycles. The Bertz CT molecular complexity index is 1830. The van der Waals surface area contributed by atoms with Gasteiger partial charge in [0.2, 0.25) is 5.91 Å². The van der Waals surface area contributed by atoms with E-state index in [9.17, 15) is 61.0 Å².